The number of carbonyl (C=O) groups is 1. The molecule has 2 N–H and O–H groups in total. The molecule has 8 heteroatoms. The molecule has 0 aliphatic carbocycles. The van der Waals surface area contributed by atoms with Crippen molar-refractivity contribution < 1.29 is 9.18 Å². The first kappa shape index (κ1) is 18.5. The molecule has 0 saturated heterocycles. The molecule has 0 fully saturated rings. The van der Waals surface area contributed by atoms with Gasteiger partial charge in [-0.05, 0) is 44.9 Å². The van der Waals surface area contributed by atoms with Crippen LogP contribution in [0.25, 0.3) is 5.95 Å². The number of nitrogens with one attached hydrogen (secondary N) is 2. The number of amides is 1. The predicted octanol–water partition coefficient (Wildman–Crippen LogP) is 2.59. The summed E-state index contributed by atoms with van der Waals surface area (Å²) < 4.78 is 15.2. The Morgan fingerprint density at radius 2 is 2.00 bits per heavy atom. The van der Waals surface area contributed by atoms with Gasteiger partial charge in [-0.25, -0.2) is 14.1 Å². The fraction of sp³-hybridized carbons (Fsp3) is 0.263. The fourth-order valence-electron chi connectivity index (χ4n) is 2.92. The number of anilines is 1. The van der Waals surface area contributed by atoms with Crippen molar-refractivity contribution in [3.63, 3.8) is 0 Å². The maximum atomic E-state index is 13.6. The molecule has 140 valence electrons. The van der Waals surface area contributed by atoms with Crippen molar-refractivity contribution in [1.29, 1.82) is 0 Å². The van der Waals surface area contributed by atoms with Crippen LogP contribution in [0.2, 0.25) is 0 Å². The Morgan fingerprint density at radius 3 is 2.70 bits per heavy atom. The highest BCUT2D eigenvalue weighted by Crippen LogP contribution is 2.18. The summed E-state index contributed by atoms with van der Waals surface area (Å²) in [5, 5.41) is 7.00. The van der Waals surface area contributed by atoms with Gasteiger partial charge in [0.15, 0.2) is 0 Å². The summed E-state index contributed by atoms with van der Waals surface area (Å²) in [7, 11) is 0. The van der Waals surface area contributed by atoms with E-state index < -0.39 is 5.82 Å². The smallest absolute Gasteiger partial charge is 0.252 e. The molecular weight excluding hydrogens is 349 g/mol. The SMILES string of the molecule is Cc1cc(=O)[nH]c(-n2nc(C)c(CCC(=O)Nc3ccccc3F)c2C)n1. The van der Waals surface area contributed by atoms with Crippen LogP contribution in [0.1, 0.15) is 29.1 Å². The van der Waals surface area contributed by atoms with E-state index in [0.717, 1.165) is 17.0 Å². The van der Waals surface area contributed by atoms with Gasteiger partial charge in [-0.15, -0.1) is 0 Å². The average molecular weight is 369 g/mol. The van der Waals surface area contributed by atoms with Crippen molar-refractivity contribution in [2.45, 2.75) is 33.6 Å². The van der Waals surface area contributed by atoms with E-state index in [2.05, 4.69) is 20.4 Å². The van der Waals surface area contributed by atoms with Crippen LogP contribution in [-0.2, 0) is 11.2 Å². The number of H-pyrrole nitrogens is 1. The van der Waals surface area contributed by atoms with Gasteiger partial charge < -0.3 is 5.32 Å². The van der Waals surface area contributed by atoms with Crippen LogP contribution in [0.5, 0.6) is 0 Å². The van der Waals surface area contributed by atoms with Crippen molar-refractivity contribution in [2.24, 2.45) is 0 Å². The first-order valence-electron chi connectivity index (χ1n) is 8.53. The molecule has 0 radical (unpaired) electrons. The average Bonchev–Trinajstić information content (AvgIpc) is 2.88. The number of nitrogens with zero attached hydrogens (tertiary/aromatic N) is 3. The molecule has 0 aliphatic rings. The Hall–Kier alpha value is -3.29. The van der Waals surface area contributed by atoms with E-state index in [1.165, 1.54) is 18.2 Å². The van der Waals surface area contributed by atoms with E-state index >= 15 is 0 Å². The van der Waals surface area contributed by atoms with Crippen molar-refractivity contribution in [1.82, 2.24) is 19.7 Å². The summed E-state index contributed by atoms with van der Waals surface area (Å²) in [6.45, 7) is 5.42. The van der Waals surface area contributed by atoms with Gasteiger partial charge >= 0.3 is 0 Å². The molecule has 0 bridgehead atoms. The number of rotatable bonds is 5. The van der Waals surface area contributed by atoms with Gasteiger partial charge in [0.05, 0.1) is 11.4 Å². The van der Waals surface area contributed by atoms with Gasteiger partial charge in [-0.1, -0.05) is 12.1 Å². The molecular formula is C19H20FN5O2. The maximum absolute atomic E-state index is 13.6. The van der Waals surface area contributed by atoms with Crippen LogP contribution in [0, 0.1) is 26.6 Å². The Bertz CT molecular complexity index is 1050. The number of hydrogen-bond donors (Lipinski definition) is 2. The molecule has 7 nitrogen and oxygen atoms in total. The molecule has 1 aromatic carbocycles. The molecule has 27 heavy (non-hydrogen) atoms. The van der Waals surface area contributed by atoms with Crippen LogP contribution in [0.15, 0.2) is 35.1 Å². The van der Waals surface area contributed by atoms with Gasteiger partial charge in [-0.3, -0.25) is 14.6 Å². The number of hydrogen-bond acceptors (Lipinski definition) is 4. The second-order valence-electron chi connectivity index (χ2n) is 6.30. The summed E-state index contributed by atoms with van der Waals surface area (Å²) >= 11 is 0. The number of benzene rings is 1. The van der Waals surface area contributed by atoms with Crippen LogP contribution < -0.4 is 10.9 Å². The number of halogens is 1. The number of carbonyl (C=O) groups excluding carboxylic acids is 1. The minimum absolute atomic E-state index is 0.160. The first-order chi connectivity index (χ1) is 12.8. The third kappa shape index (κ3) is 4.11. The summed E-state index contributed by atoms with van der Waals surface area (Å²) in [4.78, 5) is 30.8. The van der Waals surface area contributed by atoms with Gasteiger partial charge in [0.1, 0.15) is 5.82 Å². The Morgan fingerprint density at radius 1 is 1.26 bits per heavy atom. The van der Waals surface area contributed by atoms with Gasteiger partial charge in [-0.2, -0.15) is 5.10 Å². The van der Waals surface area contributed by atoms with Gasteiger partial charge in [0.2, 0.25) is 11.9 Å². The summed E-state index contributed by atoms with van der Waals surface area (Å²) in [5.74, 6) is -0.420. The van der Waals surface area contributed by atoms with Gasteiger partial charge in [0, 0.05) is 23.9 Å². The molecule has 1 amide bonds. The predicted molar refractivity (Wildman–Crippen MR) is 99.5 cm³/mol. The second kappa shape index (κ2) is 7.53. The van der Waals surface area contributed by atoms with Crippen molar-refractivity contribution in [3.8, 4) is 5.95 Å². The summed E-state index contributed by atoms with van der Waals surface area (Å²) in [5.41, 5.74) is 2.93. The Balaban J connectivity index is 1.76. The first-order valence-corrected chi connectivity index (χ1v) is 8.53. The van der Waals surface area contributed by atoms with E-state index in [1.54, 1.807) is 23.7 Å². The lowest BCUT2D eigenvalue weighted by molar-refractivity contribution is -0.116. The normalized spacial score (nSPS) is 10.8. The topological polar surface area (TPSA) is 92.7 Å². The highest BCUT2D eigenvalue weighted by atomic mass is 19.1. The lowest BCUT2D eigenvalue weighted by Gasteiger charge is -2.07. The van der Waals surface area contributed by atoms with Gasteiger partial charge in [0.25, 0.3) is 5.56 Å². The van der Waals surface area contributed by atoms with Crippen molar-refractivity contribution >= 4 is 11.6 Å². The quantitative estimate of drug-likeness (QED) is 0.723. The lowest BCUT2D eigenvalue weighted by Crippen LogP contribution is -2.15. The molecule has 0 unspecified atom stereocenters. The molecule has 3 aromatic rings. The molecule has 2 aromatic heterocycles. The molecule has 0 saturated carbocycles. The molecule has 0 atom stereocenters. The zero-order valence-corrected chi connectivity index (χ0v) is 15.3. The van der Waals surface area contributed by atoms with Crippen molar-refractivity contribution in [2.75, 3.05) is 5.32 Å². The number of aromatic nitrogens is 4. The number of aromatic amines is 1. The van der Waals surface area contributed by atoms with E-state index in [1.807, 2.05) is 13.8 Å². The lowest BCUT2D eigenvalue weighted by atomic mass is 10.1. The molecule has 0 spiro atoms. The Kier molecular flexibility index (Phi) is 5.16. The molecule has 2 heterocycles. The zero-order valence-electron chi connectivity index (χ0n) is 15.3. The standard InChI is InChI=1S/C19H20FN5O2/c1-11-10-18(27)23-19(21-11)25-13(3)14(12(2)24-25)8-9-17(26)22-16-7-5-4-6-15(16)20/h4-7,10H,8-9H2,1-3H3,(H,22,26)(H,21,23,27). The van der Waals surface area contributed by atoms with Crippen LogP contribution in [0.4, 0.5) is 10.1 Å². The van der Waals surface area contributed by atoms with E-state index in [0.29, 0.717) is 18.1 Å². The second-order valence-corrected chi connectivity index (χ2v) is 6.30. The highest BCUT2D eigenvalue weighted by Gasteiger charge is 2.16. The maximum Gasteiger partial charge on any atom is 0.252 e. The monoisotopic (exact) mass is 369 g/mol. The summed E-state index contributed by atoms with van der Waals surface area (Å²) in [6.07, 6.45) is 0.619. The number of para-hydroxylation sites is 1. The minimum atomic E-state index is -0.472. The Labute approximate surface area is 155 Å². The zero-order chi connectivity index (χ0) is 19.6. The van der Waals surface area contributed by atoms with Crippen molar-refractivity contribution in [3.05, 3.63) is 69.1 Å². The van der Waals surface area contributed by atoms with Crippen LogP contribution in [-0.4, -0.2) is 25.7 Å². The fourth-order valence-corrected chi connectivity index (χ4v) is 2.92. The van der Waals surface area contributed by atoms with E-state index in [-0.39, 0.29) is 23.6 Å². The van der Waals surface area contributed by atoms with E-state index in [4.69, 9.17) is 0 Å². The highest BCUT2D eigenvalue weighted by molar-refractivity contribution is 5.90. The number of aryl methyl sites for hydroxylation is 2. The molecule has 0 aliphatic heterocycles. The largest absolute Gasteiger partial charge is 0.324 e. The third-order valence-corrected chi connectivity index (χ3v) is 4.25. The summed E-state index contributed by atoms with van der Waals surface area (Å²) in [6, 6.07) is 7.44. The van der Waals surface area contributed by atoms with E-state index in [9.17, 15) is 14.0 Å². The van der Waals surface area contributed by atoms with Crippen LogP contribution >= 0.6 is 0 Å². The molecule has 3 rings (SSSR count). The minimum Gasteiger partial charge on any atom is -0.324 e. The third-order valence-electron chi connectivity index (χ3n) is 4.25. The van der Waals surface area contributed by atoms with Crippen LogP contribution in [0.3, 0.4) is 0 Å².